The molecule has 6 heteroatoms. The lowest BCUT2D eigenvalue weighted by molar-refractivity contribution is 0.809. The minimum absolute atomic E-state index is 0.619. The van der Waals surface area contributed by atoms with Gasteiger partial charge in [0.25, 0.3) is 0 Å². The molecular weight excluding hydrogens is 316 g/mol. The molecule has 3 rings (SSSR count). The first-order valence-electron chi connectivity index (χ1n) is 6.66. The number of pyridine rings is 1. The Bertz CT molecular complexity index is 865. The Balaban J connectivity index is 2.02. The highest BCUT2D eigenvalue weighted by molar-refractivity contribution is 7.07. The van der Waals surface area contributed by atoms with Gasteiger partial charge in [-0.25, -0.2) is 9.67 Å². The van der Waals surface area contributed by atoms with E-state index in [1.807, 2.05) is 54.8 Å². The molecule has 0 aliphatic rings. The second kappa shape index (κ2) is 6.68. The van der Waals surface area contributed by atoms with Gasteiger partial charge in [0.2, 0.25) is 4.80 Å². The van der Waals surface area contributed by atoms with Gasteiger partial charge in [0, 0.05) is 11.6 Å². The quantitative estimate of drug-likeness (QED) is 0.669. The third-order valence-corrected chi connectivity index (χ3v) is 4.17. The maximum absolute atomic E-state index is 6.16. The standard InChI is InChI=1S/C16H13ClN4S/c1-12-11-22-16(20-15-8-3-2-7-14(15)17)21(12)19-10-13-6-4-5-9-18-13/h2-11H,1H3. The second-order valence-corrected chi connectivity index (χ2v) is 5.78. The highest BCUT2D eigenvalue weighted by Gasteiger charge is 2.01. The van der Waals surface area contributed by atoms with E-state index in [4.69, 9.17) is 11.6 Å². The molecule has 3 aromatic rings. The van der Waals surface area contributed by atoms with Crippen molar-refractivity contribution in [2.75, 3.05) is 0 Å². The van der Waals surface area contributed by atoms with Gasteiger partial charge in [-0.05, 0) is 31.2 Å². The van der Waals surface area contributed by atoms with E-state index in [1.165, 1.54) is 11.3 Å². The number of hydrogen-bond acceptors (Lipinski definition) is 4. The van der Waals surface area contributed by atoms with Crippen molar-refractivity contribution in [3.63, 3.8) is 0 Å². The van der Waals surface area contributed by atoms with Crippen LogP contribution in [0.4, 0.5) is 5.69 Å². The van der Waals surface area contributed by atoms with Gasteiger partial charge in [0.15, 0.2) is 0 Å². The molecule has 0 amide bonds. The molecule has 0 aliphatic heterocycles. The first-order chi connectivity index (χ1) is 10.7. The van der Waals surface area contributed by atoms with Gasteiger partial charge in [0.1, 0.15) is 0 Å². The van der Waals surface area contributed by atoms with Gasteiger partial charge >= 0.3 is 0 Å². The first kappa shape index (κ1) is 14.7. The summed E-state index contributed by atoms with van der Waals surface area (Å²) in [5.74, 6) is 0. The van der Waals surface area contributed by atoms with Crippen LogP contribution in [0.5, 0.6) is 0 Å². The molecule has 0 atom stereocenters. The molecule has 0 fully saturated rings. The Morgan fingerprint density at radius 1 is 1.18 bits per heavy atom. The number of thiazole rings is 1. The van der Waals surface area contributed by atoms with Crippen molar-refractivity contribution in [3.05, 3.63) is 75.3 Å². The maximum Gasteiger partial charge on any atom is 0.211 e. The van der Waals surface area contributed by atoms with Crippen LogP contribution in [0.15, 0.2) is 64.1 Å². The molecule has 0 aliphatic carbocycles. The van der Waals surface area contributed by atoms with Crippen molar-refractivity contribution in [1.82, 2.24) is 9.66 Å². The van der Waals surface area contributed by atoms with E-state index in [2.05, 4.69) is 15.1 Å². The van der Waals surface area contributed by atoms with E-state index < -0.39 is 0 Å². The molecule has 110 valence electrons. The van der Waals surface area contributed by atoms with Crippen LogP contribution in [0.3, 0.4) is 0 Å². The maximum atomic E-state index is 6.16. The SMILES string of the molecule is Cc1csc(=Nc2ccccc2Cl)n1N=Cc1ccccn1. The van der Waals surface area contributed by atoms with Crippen LogP contribution >= 0.6 is 22.9 Å². The van der Waals surface area contributed by atoms with Gasteiger partial charge in [-0.15, -0.1) is 11.3 Å². The predicted molar refractivity (Wildman–Crippen MR) is 91.0 cm³/mol. The largest absolute Gasteiger partial charge is 0.255 e. The highest BCUT2D eigenvalue weighted by atomic mass is 35.5. The summed E-state index contributed by atoms with van der Waals surface area (Å²) in [5.41, 5.74) is 2.53. The van der Waals surface area contributed by atoms with E-state index in [0.29, 0.717) is 5.02 Å². The van der Waals surface area contributed by atoms with E-state index in [-0.39, 0.29) is 0 Å². The second-order valence-electron chi connectivity index (χ2n) is 4.53. The molecule has 22 heavy (non-hydrogen) atoms. The molecule has 1 aromatic carbocycles. The molecule has 2 heterocycles. The normalized spacial score (nSPS) is 12.2. The number of rotatable bonds is 3. The van der Waals surface area contributed by atoms with Gasteiger partial charge in [-0.3, -0.25) is 4.98 Å². The van der Waals surface area contributed by atoms with Crippen molar-refractivity contribution < 1.29 is 0 Å². The molecule has 0 saturated heterocycles. The van der Waals surface area contributed by atoms with E-state index >= 15 is 0 Å². The van der Waals surface area contributed by atoms with E-state index in [9.17, 15) is 0 Å². The molecular formula is C16H13ClN4S. The Labute approximate surface area is 137 Å². The molecule has 0 saturated carbocycles. The molecule has 0 spiro atoms. The molecule has 0 bridgehead atoms. The van der Waals surface area contributed by atoms with Crippen molar-refractivity contribution in [2.45, 2.75) is 6.92 Å². The Kier molecular flexibility index (Phi) is 4.46. The zero-order valence-corrected chi connectivity index (χ0v) is 13.4. The fourth-order valence-corrected chi connectivity index (χ4v) is 2.81. The average Bonchev–Trinajstić information content (AvgIpc) is 2.89. The summed E-state index contributed by atoms with van der Waals surface area (Å²) in [6.07, 6.45) is 3.45. The summed E-state index contributed by atoms with van der Waals surface area (Å²) in [6, 6.07) is 13.2. The van der Waals surface area contributed by atoms with E-state index in [1.54, 1.807) is 17.1 Å². The van der Waals surface area contributed by atoms with E-state index in [0.717, 1.165) is 21.9 Å². The van der Waals surface area contributed by atoms with Crippen LogP contribution in [0.1, 0.15) is 11.4 Å². The summed E-state index contributed by atoms with van der Waals surface area (Å²) in [4.78, 5) is 9.58. The van der Waals surface area contributed by atoms with Gasteiger partial charge in [0.05, 0.1) is 28.3 Å². The van der Waals surface area contributed by atoms with Crippen LogP contribution < -0.4 is 4.80 Å². The van der Waals surface area contributed by atoms with Crippen LogP contribution in [0, 0.1) is 6.92 Å². The topological polar surface area (TPSA) is 42.5 Å². The van der Waals surface area contributed by atoms with Crippen molar-refractivity contribution >= 4 is 34.8 Å². The average molecular weight is 329 g/mol. The zero-order valence-electron chi connectivity index (χ0n) is 11.8. The Morgan fingerprint density at radius 2 is 2.00 bits per heavy atom. The zero-order chi connectivity index (χ0) is 15.4. The number of aromatic nitrogens is 2. The number of halogens is 1. The summed E-state index contributed by atoms with van der Waals surface area (Å²) in [6.45, 7) is 1.98. The van der Waals surface area contributed by atoms with Crippen LogP contribution in [0.25, 0.3) is 0 Å². The lowest BCUT2D eigenvalue weighted by atomic mass is 10.3. The predicted octanol–water partition coefficient (Wildman–Crippen LogP) is 4.02. The molecule has 0 radical (unpaired) electrons. The lowest BCUT2D eigenvalue weighted by Crippen LogP contribution is -2.11. The van der Waals surface area contributed by atoms with Gasteiger partial charge in [-0.1, -0.05) is 29.8 Å². The van der Waals surface area contributed by atoms with Crippen molar-refractivity contribution in [2.24, 2.45) is 10.1 Å². The van der Waals surface area contributed by atoms with Crippen molar-refractivity contribution in [1.29, 1.82) is 0 Å². The Morgan fingerprint density at radius 3 is 2.77 bits per heavy atom. The molecule has 4 nitrogen and oxygen atoms in total. The lowest BCUT2D eigenvalue weighted by Gasteiger charge is -1.99. The number of para-hydroxylation sites is 1. The molecule has 2 aromatic heterocycles. The number of aryl methyl sites for hydroxylation is 1. The first-order valence-corrected chi connectivity index (χ1v) is 7.91. The number of hydrogen-bond donors (Lipinski definition) is 0. The van der Waals surface area contributed by atoms with Crippen LogP contribution in [-0.4, -0.2) is 15.9 Å². The summed E-state index contributed by atoms with van der Waals surface area (Å²) < 4.78 is 1.78. The smallest absolute Gasteiger partial charge is 0.211 e. The third-order valence-electron chi connectivity index (χ3n) is 2.91. The van der Waals surface area contributed by atoms with Crippen LogP contribution in [0.2, 0.25) is 5.02 Å². The minimum Gasteiger partial charge on any atom is -0.255 e. The number of benzene rings is 1. The fraction of sp³-hybridized carbons (Fsp3) is 0.0625. The van der Waals surface area contributed by atoms with Crippen LogP contribution in [-0.2, 0) is 0 Å². The highest BCUT2D eigenvalue weighted by Crippen LogP contribution is 2.23. The summed E-state index contributed by atoms with van der Waals surface area (Å²) in [7, 11) is 0. The minimum atomic E-state index is 0.619. The van der Waals surface area contributed by atoms with Gasteiger partial charge in [-0.2, -0.15) is 5.10 Å². The summed E-state index contributed by atoms with van der Waals surface area (Å²) in [5, 5.41) is 7.09. The molecule has 0 unspecified atom stereocenters. The van der Waals surface area contributed by atoms with Gasteiger partial charge < -0.3 is 0 Å². The Hall–Kier alpha value is -2.24. The monoisotopic (exact) mass is 328 g/mol. The summed E-state index contributed by atoms with van der Waals surface area (Å²) >= 11 is 7.68. The molecule has 0 N–H and O–H groups in total. The van der Waals surface area contributed by atoms with Crippen molar-refractivity contribution in [3.8, 4) is 0 Å². The third kappa shape index (κ3) is 3.32. The fourth-order valence-electron chi connectivity index (χ4n) is 1.82. The number of nitrogens with zero attached hydrogens (tertiary/aromatic N) is 4.